The van der Waals surface area contributed by atoms with Crippen molar-refractivity contribution in [3.63, 3.8) is 0 Å². The Morgan fingerprint density at radius 1 is 0.939 bits per heavy atom. The Bertz CT molecular complexity index is 1130. The molecule has 1 saturated heterocycles. The summed E-state index contributed by atoms with van der Waals surface area (Å²) >= 11 is 0. The highest BCUT2D eigenvalue weighted by atomic mass is 16.2. The van der Waals surface area contributed by atoms with Crippen molar-refractivity contribution in [1.29, 1.82) is 0 Å². The molecule has 0 saturated carbocycles. The molecule has 33 heavy (non-hydrogen) atoms. The fraction of sp³-hybridized carbons (Fsp3) is 0.417. The Labute approximate surface area is 193 Å². The molecule has 3 aromatic rings. The largest absolute Gasteiger partial charge is 0.353 e. The van der Waals surface area contributed by atoms with Crippen LogP contribution in [-0.4, -0.2) is 68.8 Å². The standard InChI is InChI=1S/C24H29N7O2/c1-27-11-4-6-20(27)19-18-22-30(12-5-13-31(22)26-19)24(33)9-8-23(32)29-16-14-28(15-17-29)21-7-2-3-10-25-21/h2-4,6-7,10-11,18H,5,8-9,12-17H2,1H3. The summed E-state index contributed by atoms with van der Waals surface area (Å²) in [4.78, 5) is 36.0. The lowest BCUT2D eigenvalue weighted by molar-refractivity contribution is -0.133. The molecule has 0 atom stereocenters. The van der Waals surface area contributed by atoms with Crippen molar-refractivity contribution in [2.45, 2.75) is 25.8 Å². The van der Waals surface area contributed by atoms with Gasteiger partial charge in [0.05, 0.1) is 5.69 Å². The highest BCUT2D eigenvalue weighted by molar-refractivity contribution is 5.95. The molecule has 0 aliphatic carbocycles. The van der Waals surface area contributed by atoms with Gasteiger partial charge in [0.1, 0.15) is 17.3 Å². The van der Waals surface area contributed by atoms with Crippen LogP contribution in [0.25, 0.3) is 11.4 Å². The zero-order valence-corrected chi connectivity index (χ0v) is 18.9. The molecule has 5 rings (SSSR count). The molecule has 2 amide bonds. The van der Waals surface area contributed by atoms with Crippen molar-refractivity contribution < 1.29 is 9.59 Å². The molecular weight excluding hydrogens is 418 g/mol. The van der Waals surface area contributed by atoms with Gasteiger partial charge in [-0.15, -0.1) is 0 Å². The van der Waals surface area contributed by atoms with Crippen LogP contribution in [0.2, 0.25) is 0 Å². The molecule has 1 fully saturated rings. The lowest BCUT2D eigenvalue weighted by atomic mass is 10.2. The summed E-state index contributed by atoms with van der Waals surface area (Å²) in [6.45, 7) is 4.27. The summed E-state index contributed by atoms with van der Waals surface area (Å²) in [7, 11) is 1.98. The number of fused-ring (bicyclic) bond motifs is 1. The van der Waals surface area contributed by atoms with Gasteiger partial charge in [0.15, 0.2) is 0 Å². The number of aryl methyl sites for hydroxylation is 2. The third kappa shape index (κ3) is 4.35. The quantitative estimate of drug-likeness (QED) is 0.599. The van der Waals surface area contributed by atoms with Crippen LogP contribution in [0.5, 0.6) is 0 Å². The number of carbonyl (C=O) groups is 2. The fourth-order valence-corrected chi connectivity index (χ4v) is 4.62. The van der Waals surface area contributed by atoms with Crippen molar-refractivity contribution in [1.82, 2.24) is 24.2 Å². The van der Waals surface area contributed by atoms with E-state index in [2.05, 4.69) is 9.88 Å². The smallest absolute Gasteiger partial charge is 0.228 e. The molecule has 0 spiro atoms. The van der Waals surface area contributed by atoms with Crippen LogP contribution < -0.4 is 9.80 Å². The van der Waals surface area contributed by atoms with Crippen molar-refractivity contribution in [2.24, 2.45) is 7.05 Å². The van der Waals surface area contributed by atoms with Crippen molar-refractivity contribution in [2.75, 3.05) is 42.5 Å². The number of aromatic nitrogens is 4. The minimum atomic E-state index is -0.0187. The Morgan fingerprint density at radius 3 is 2.48 bits per heavy atom. The van der Waals surface area contributed by atoms with Gasteiger partial charge < -0.3 is 14.4 Å². The first kappa shape index (κ1) is 21.2. The maximum Gasteiger partial charge on any atom is 0.228 e. The van der Waals surface area contributed by atoms with E-state index in [0.29, 0.717) is 19.6 Å². The first-order valence-corrected chi connectivity index (χ1v) is 11.5. The number of amides is 2. The highest BCUT2D eigenvalue weighted by Crippen LogP contribution is 2.28. The Hall–Kier alpha value is -3.62. The van der Waals surface area contributed by atoms with E-state index in [1.54, 1.807) is 11.1 Å². The molecule has 0 bridgehead atoms. The highest BCUT2D eigenvalue weighted by Gasteiger charge is 2.27. The van der Waals surface area contributed by atoms with Crippen LogP contribution in [0.4, 0.5) is 11.6 Å². The summed E-state index contributed by atoms with van der Waals surface area (Å²) < 4.78 is 3.93. The zero-order chi connectivity index (χ0) is 22.8. The van der Waals surface area contributed by atoms with E-state index >= 15 is 0 Å². The monoisotopic (exact) mass is 447 g/mol. The third-order valence-corrected chi connectivity index (χ3v) is 6.45. The van der Waals surface area contributed by atoms with E-state index in [1.807, 2.05) is 63.8 Å². The second-order valence-corrected chi connectivity index (χ2v) is 8.57. The number of pyridine rings is 1. The Morgan fingerprint density at radius 2 is 1.76 bits per heavy atom. The van der Waals surface area contributed by atoms with E-state index in [0.717, 1.165) is 49.1 Å². The second-order valence-electron chi connectivity index (χ2n) is 8.57. The lowest BCUT2D eigenvalue weighted by Gasteiger charge is -2.35. The van der Waals surface area contributed by atoms with Gasteiger partial charge in [0.25, 0.3) is 0 Å². The Kier molecular flexibility index (Phi) is 5.85. The number of nitrogens with zero attached hydrogens (tertiary/aromatic N) is 7. The fourth-order valence-electron chi connectivity index (χ4n) is 4.62. The summed E-state index contributed by atoms with van der Waals surface area (Å²) in [5.74, 6) is 1.78. The van der Waals surface area contributed by atoms with Crippen molar-refractivity contribution in [3.05, 3.63) is 48.8 Å². The molecule has 2 aliphatic rings. The molecule has 9 nitrogen and oxygen atoms in total. The van der Waals surface area contributed by atoms with E-state index in [1.165, 1.54) is 0 Å². The minimum absolute atomic E-state index is 0.0187. The molecule has 0 radical (unpaired) electrons. The number of piperazine rings is 1. The van der Waals surface area contributed by atoms with Crippen molar-refractivity contribution >= 4 is 23.5 Å². The molecule has 0 unspecified atom stereocenters. The lowest BCUT2D eigenvalue weighted by Crippen LogP contribution is -2.49. The number of carbonyl (C=O) groups excluding carboxylic acids is 2. The van der Waals surface area contributed by atoms with Gasteiger partial charge in [0, 0.05) is 77.6 Å². The predicted molar refractivity (Wildman–Crippen MR) is 126 cm³/mol. The first-order chi connectivity index (χ1) is 16.1. The molecule has 3 aromatic heterocycles. The third-order valence-electron chi connectivity index (χ3n) is 6.45. The average molecular weight is 448 g/mol. The van der Waals surface area contributed by atoms with Crippen LogP contribution in [-0.2, 0) is 23.2 Å². The molecule has 2 aliphatic heterocycles. The topological polar surface area (TPSA) is 79.5 Å². The minimum Gasteiger partial charge on any atom is -0.353 e. The van der Waals surface area contributed by atoms with Crippen LogP contribution in [0.3, 0.4) is 0 Å². The van der Waals surface area contributed by atoms with Gasteiger partial charge in [-0.2, -0.15) is 5.10 Å². The molecule has 0 N–H and O–H groups in total. The van der Waals surface area contributed by atoms with Gasteiger partial charge in [0.2, 0.25) is 11.8 Å². The van der Waals surface area contributed by atoms with E-state index < -0.39 is 0 Å². The van der Waals surface area contributed by atoms with E-state index in [4.69, 9.17) is 5.10 Å². The van der Waals surface area contributed by atoms with Crippen LogP contribution in [0, 0.1) is 0 Å². The van der Waals surface area contributed by atoms with Crippen molar-refractivity contribution in [3.8, 4) is 11.4 Å². The second kappa shape index (κ2) is 9.09. The van der Waals surface area contributed by atoms with E-state index in [9.17, 15) is 9.59 Å². The number of rotatable bonds is 5. The molecule has 5 heterocycles. The molecule has 172 valence electrons. The number of hydrogen-bond donors (Lipinski definition) is 0. The normalized spacial score (nSPS) is 16.1. The molecule has 0 aromatic carbocycles. The summed E-state index contributed by atoms with van der Waals surface area (Å²) in [5, 5.41) is 4.70. The zero-order valence-electron chi connectivity index (χ0n) is 18.9. The number of anilines is 2. The SMILES string of the molecule is Cn1cccc1-c1cc2n(n1)CCCN2C(=O)CCC(=O)N1CCN(c2ccccn2)CC1. The van der Waals surface area contributed by atoms with E-state index in [-0.39, 0.29) is 24.7 Å². The van der Waals surface area contributed by atoms with Gasteiger partial charge in [-0.3, -0.25) is 14.5 Å². The van der Waals surface area contributed by atoms with Gasteiger partial charge in [-0.1, -0.05) is 6.07 Å². The van der Waals surface area contributed by atoms with Crippen LogP contribution in [0.15, 0.2) is 48.8 Å². The summed E-state index contributed by atoms with van der Waals surface area (Å²) in [6, 6.07) is 11.8. The van der Waals surface area contributed by atoms with Gasteiger partial charge in [-0.05, 0) is 30.7 Å². The van der Waals surface area contributed by atoms with Gasteiger partial charge in [-0.25, -0.2) is 9.67 Å². The molecule has 9 heteroatoms. The summed E-state index contributed by atoms with van der Waals surface area (Å²) in [6.07, 6.45) is 5.07. The first-order valence-electron chi connectivity index (χ1n) is 11.5. The van der Waals surface area contributed by atoms with Crippen LogP contribution in [0.1, 0.15) is 19.3 Å². The average Bonchev–Trinajstić information content (AvgIpc) is 3.48. The predicted octanol–water partition coefficient (Wildman–Crippen LogP) is 2.15. The summed E-state index contributed by atoms with van der Waals surface area (Å²) in [5.41, 5.74) is 1.88. The maximum atomic E-state index is 13.0. The number of hydrogen-bond acceptors (Lipinski definition) is 5. The Balaban J connectivity index is 1.17. The van der Waals surface area contributed by atoms with Crippen LogP contribution >= 0.6 is 0 Å². The van der Waals surface area contributed by atoms with Gasteiger partial charge >= 0.3 is 0 Å². The maximum absolute atomic E-state index is 13.0. The molecular formula is C24H29N7O2.